The van der Waals surface area contributed by atoms with Gasteiger partial charge in [0, 0.05) is 0 Å². The van der Waals surface area contributed by atoms with Gasteiger partial charge in [0.1, 0.15) is 6.04 Å². The molecule has 0 spiro atoms. The summed E-state index contributed by atoms with van der Waals surface area (Å²) in [6.07, 6.45) is 0. The summed E-state index contributed by atoms with van der Waals surface area (Å²) in [6.45, 7) is -0.0809. The van der Waals surface area contributed by atoms with Crippen LogP contribution in [0.2, 0.25) is 0 Å². The van der Waals surface area contributed by atoms with E-state index in [9.17, 15) is 9.59 Å². The van der Waals surface area contributed by atoms with Crippen LogP contribution in [0.15, 0.2) is 30.3 Å². The molecule has 1 rings (SSSR count). The highest BCUT2D eigenvalue weighted by Crippen LogP contribution is 2.10. The molecule has 1 aromatic carbocycles. The van der Waals surface area contributed by atoms with Crippen LogP contribution in [0.1, 0.15) is 11.6 Å². The highest BCUT2D eigenvalue weighted by atomic mass is 16.2. The maximum atomic E-state index is 11.1. The molecule has 0 fully saturated rings. The van der Waals surface area contributed by atoms with Gasteiger partial charge in [-0.1, -0.05) is 30.3 Å². The van der Waals surface area contributed by atoms with Crippen molar-refractivity contribution in [3.8, 4) is 0 Å². The Morgan fingerprint density at radius 3 is 2.27 bits per heavy atom. The molecule has 1 atom stereocenters. The van der Waals surface area contributed by atoms with Crippen LogP contribution in [0.4, 0.5) is 0 Å². The number of hydrogen-bond donors (Lipinski definition) is 3. The highest BCUT2D eigenvalue weighted by Gasteiger charge is 2.16. The predicted molar refractivity (Wildman–Crippen MR) is 55.6 cm³/mol. The molecule has 1 unspecified atom stereocenters. The molecule has 0 aromatic heterocycles. The van der Waals surface area contributed by atoms with Gasteiger partial charge in [-0.2, -0.15) is 0 Å². The third kappa shape index (κ3) is 3.40. The largest absolute Gasteiger partial charge is 0.369 e. The molecule has 0 heterocycles. The maximum absolute atomic E-state index is 11.1. The first-order valence-corrected chi connectivity index (χ1v) is 4.47. The number of nitrogens with one attached hydrogen (secondary N) is 1. The van der Waals surface area contributed by atoms with Gasteiger partial charge in [0.2, 0.25) is 11.8 Å². The summed E-state index contributed by atoms with van der Waals surface area (Å²) in [5.41, 5.74) is 10.9. The molecule has 0 bridgehead atoms. The Bertz CT molecular complexity index is 351. The summed E-state index contributed by atoms with van der Waals surface area (Å²) in [5.74, 6) is -1.07. The first-order valence-electron chi connectivity index (χ1n) is 4.47. The van der Waals surface area contributed by atoms with Crippen molar-refractivity contribution < 1.29 is 9.59 Å². The number of benzene rings is 1. The third-order valence-corrected chi connectivity index (χ3v) is 1.90. The van der Waals surface area contributed by atoms with E-state index >= 15 is 0 Å². The highest BCUT2D eigenvalue weighted by molar-refractivity contribution is 5.83. The van der Waals surface area contributed by atoms with Gasteiger partial charge >= 0.3 is 0 Å². The van der Waals surface area contributed by atoms with E-state index < -0.39 is 17.9 Å². The molecular weight excluding hydrogens is 194 g/mol. The van der Waals surface area contributed by atoms with Crippen LogP contribution in [0.5, 0.6) is 0 Å². The number of amides is 2. The fourth-order valence-electron chi connectivity index (χ4n) is 1.23. The Morgan fingerprint density at radius 1 is 1.20 bits per heavy atom. The maximum Gasteiger partial charge on any atom is 0.239 e. The first kappa shape index (κ1) is 11.2. The Hall–Kier alpha value is -1.88. The first-order chi connectivity index (χ1) is 7.11. The minimum atomic E-state index is -0.682. The minimum Gasteiger partial charge on any atom is -0.369 e. The van der Waals surface area contributed by atoms with Crippen molar-refractivity contribution in [3.63, 3.8) is 0 Å². The molecule has 0 saturated heterocycles. The fourth-order valence-corrected chi connectivity index (χ4v) is 1.23. The van der Waals surface area contributed by atoms with Gasteiger partial charge in [-0.15, -0.1) is 0 Å². The second-order valence-corrected chi connectivity index (χ2v) is 3.09. The van der Waals surface area contributed by atoms with Crippen LogP contribution in [0.25, 0.3) is 0 Å². The van der Waals surface area contributed by atoms with Crippen LogP contribution in [0.3, 0.4) is 0 Å². The second kappa shape index (κ2) is 5.11. The molecule has 0 saturated carbocycles. The summed E-state index contributed by atoms with van der Waals surface area (Å²) >= 11 is 0. The number of hydrogen-bond acceptors (Lipinski definition) is 3. The van der Waals surface area contributed by atoms with Crippen LogP contribution in [-0.2, 0) is 9.59 Å². The van der Waals surface area contributed by atoms with Crippen molar-refractivity contribution in [2.45, 2.75) is 6.04 Å². The van der Waals surface area contributed by atoms with Crippen LogP contribution >= 0.6 is 0 Å². The lowest BCUT2D eigenvalue weighted by atomic mass is 10.1. The van der Waals surface area contributed by atoms with E-state index in [0.29, 0.717) is 5.56 Å². The van der Waals surface area contributed by atoms with Gasteiger partial charge in [-0.3, -0.25) is 14.9 Å². The third-order valence-electron chi connectivity index (χ3n) is 1.90. The van der Waals surface area contributed by atoms with Crippen molar-refractivity contribution in [1.29, 1.82) is 0 Å². The predicted octanol–water partition coefficient (Wildman–Crippen LogP) is -0.712. The van der Waals surface area contributed by atoms with E-state index in [-0.39, 0.29) is 6.54 Å². The molecule has 80 valence electrons. The molecule has 2 amide bonds. The molecule has 0 radical (unpaired) electrons. The zero-order valence-electron chi connectivity index (χ0n) is 8.14. The Kier molecular flexibility index (Phi) is 3.82. The quantitative estimate of drug-likeness (QED) is 0.594. The van der Waals surface area contributed by atoms with E-state index in [0.717, 1.165) is 0 Å². The lowest BCUT2D eigenvalue weighted by molar-refractivity contribution is -0.120. The van der Waals surface area contributed by atoms with Crippen molar-refractivity contribution in [2.75, 3.05) is 6.54 Å². The van der Waals surface area contributed by atoms with Crippen molar-refractivity contribution in [1.82, 2.24) is 5.32 Å². The second-order valence-electron chi connectivity index (χ2n) is 3.09. The lowest BCUT2D eigenvalue weighted by Gasteiger charge is -2.14. The zero-order valence-corrected chi connectivity index (χ0v) is 8.14. The van der Waals surface area contributed by atoms with E-state index in [4.69, 9.17) is 11.5 Å². The smallest absolute Gasteiger partial charge is 0.239 e. The van der Waals surface area contributed by atoms with Crippen LogP contribution in [-0.4, -0.2) is 18.4 Å². The molecule has 5 heteroatoms. The molecule has 0 aliphatic rings. The van der Waals surface area contributed by atoms with E-state index in [1.54, 1.807) is 24.3 Å². The van der Waals surface area contributed by atoms with Crippen molar-refractivity contribution in [2.24, 2.45) is 11.5 Å². The van der Waals surface area contributed by atoms with Gasteiger partial charge in [-0.25, -0.2) is 0 Å². The molecule has 5 N–H and O–H groups in total. The van der Waals surface area contributed by atoms with E-state index in [2.05, 4.69) is 5.32 Å². The average molecular weight is 207 g/mol. The molecule has 15 heavy (non-hydrogen) atoms. The Labute approximate surface area is 87.4 Å². The topological polar surface area (TPSA) is 98.2 Å². The van der Waals surface area contributed by atoms with Crippen molar-refractivity contribution >= 4 is 11.8 Å². The molecule has 5 nitrogen and oxygen atoms in total. The summed E-state index contributed by atoms with van der Waals surface area (Å²) in [7, 11) is 0. The van der Waals surface area contributed by atoms with Crippen LogP contribution in [0, 0.1) is 0 Å². The summed E-state index contributed by atoms with van der Waals surface area (Å²) in [4.78, 5) is 21.7. The minimum absolute atomic E-state index is 0.0809. The van der Waals surface area contributed by atoms with Crippen molar-refractivity contribution in [3.05, 3.63) is 35.9 Å². The van der Waals surface area contributed by atoms with E-state index in [1.807, 2.05) is 6.07 Å². The number of carbonyl (C=O) groups excluding carboxylic acids is 2. The standard InChI is InChI=1S/C10H13N3O2/c11-8(14)6-13-9(10(12)15)7-4-2-1-3-5-7/h1-5,9,13H,6H2,(H2,11,14)(H2,12,15). The molecule has 0 aliphatic heterocycles. The van der Waals surface area contributed by atoms with Gasteiger partial charge in [0.15, 0.2) is 0 Å². The Balaban J connectivity index is 2.75. The molecule has 1 aromatic rings. The van der Waals surface area contributed by atoms with E-state index in [1.165, 1.54) is 0 Å². The number of carbonyl (C=O) groups is 2. The summed E-state index contributed by atoms with van der Waals surface area (Å²) in [5, 5.41) is 2.69. The van der Waals surface area contributed by atoms with Gasteiger partial charge in [0.25, 0.3) is 0 Å². The number of nitrogens with two attached hydrogens (primary N) is 2. The zero-order chi connectivity index (χ0) is 11.3. The van der Waals surface area contributed by atoms with Crippen LogP contribution < -0.4 is 16.8 Å². The summed E-state index contributed by atoms with van der Waals surface area (Å²) < 4.78 is 0. The molecular formula is C10H13N3O2. The van der Waals surface area contributed by atoms with Gasteiger partial charge in [0.05, 0.1) is 6.54 Å². The Morgan fingerprint density at radius 2 is 1.80 bits per heavy atom. The SMILES string of the molecule is NC(=O)CNC(C(N)=O)c1ccccc1. The van der Waals surface area contributed by atoms with Gasteiger partial charge in [-0.05, 0) is 5.56 Å². The average Bonchev–Trinajstić information content (AvgIpc) is 2.18. The lowest BCUT2D eigenvalue weighted by Crippen LogP contribution is -2.38. The molecule has 0 aliphatic carbocycles. The normalized spacial score (nSPS) is 12.0. The van der Waals surface area contributed by atoms with Gasteiger partial charge < -0.3 is 11.5 Å². The fraction of sp³-hybridized carbons (Fsp3) is 0.200. The summed E-state index contributed by atoms with van der Waals surface area (Å²) in [6, 6.07) is 8.23. The monoisotopic (exact) mass is 207 g/mol. The number of rotatable bonds is 5. The number of primary amides is 2.